The van der Waals surface area contributed by atoms with Gasteiger partial charge in [0.2, 0.25) is 10.0 Å². The van der Waals surface area contributed by atoms with Crippen LogP contribution in [-0.4, -0.2) is 62.1 Å². The summed E-state index contributed by atoms with van der Waals surface area (Å²) < 4.78 is 26.6. The minimum absolute atomic E-state index is 0. The molecule has 3 N–H and O–H groups in total. The predicted molar refractivity (Wildman–Crippen MR) is 124 cm³/mol. The standard InChI is InChI=1S/C18H24N6O2S.HI/c19-18(22-16-6-2-1-3-7-16)21-10-15-27(25,26)24-13-11-23(12-14-24)17-8-4-5-9-20-17;/h1-9H,10-15H2,(H3,19,21,22);1H. The molecule has 152 valence electrons. The highest BCUT2D eigenvalue weighted by molar-refractivity contribution is 14.0. The van der Waals surface area contributed by atoms with Gasteiger partial charge < -0.3 is 16.0 Å². The van der Waals surface area contributed by atoms with E-state index >= 15 is 0 Å². The van der Waals surface area contributed by atoms with Crippen molar-refractivity contribution in [2.45, 2.75) is 0 Å². The van der Waals surface area contributed by atoms with Crippen molar-refractivity contribution in [1.29, 1.82) is 0 Å². The minimum atomic E-state index is -3.36. The summed E-state index contributed by atoms with van der Waals surface area (Å²) in [6, 6.07) is 15.1. The maximum atomic E-state index is 12.5. The number of sulfonamides is 1. The Bertz CT molecular complexity index is 856. The van der Waals surface area contributed by atoms with E-state index in [4.69, 9.17) is 5.73 Å². The molecule has 0 spiro atoms. The third-order valence-corrected chi connectivity index (χ3v) is 6.13. The number of nitrogens with one attached hydrogen (secondary N) is 1. The van der Waals surface area contributed by atoms with Gasteiger partial charge in [-0.25, -0.2) is 13.4 Å². The van der Waals surface area contributed by atoms with Crippen LogP contribution in [0.1, 0.15) is 0 Å². The number of anilines is 2. The fraction of sp³-hybridized carbons (Fsp3) is 0.333. The van der Waals surface area contributed by atoms with Crippen molar-refractivity contribution in [3.8, 4) is 0 Å². The summed E-state index contributed by atoms with van der Waals surface area (Å²) >= 11 is 0. The van der Waals surface area contributed by atoms with Gasteiger partial charge in [-0.3, -0.25) is 4.99 Å². The number of pyridine rings is 1. The van der Waals surface area contributed by atoms with Gasteiger partial charge in [0.25, 0.3) is 0 Å². The largest absolute Gasteiger partial charge is 0.370 e. The number of para-hydroxylation sites is 1. The van der Waals surface area contributed by atoms with Crippen molar-refractivity contribution in [2.75, 3.05) is 48.7 Å². The first-order valence-corrected chi connectivity index (χ1v) is 10.4. The monoisotopic (exact) mass is 516 g/mol. The van der Waals surface area contributed by atoms with Gasteiger partial charge >= 0.3 is 0 Å². The fourth-order valence-electron chi connectivity index (χ4n) is 2.86. The summed E-state index contributed by atoms with van der Waals surface area (Å²) in [4.78, 5) is 10.5. The molecule has 2 aromatic rings. The number of rotatable bonds is 6. The molecule has 0 saturated carbocycles. The molecular weight excluding hydrogens is 491 g/mol. The average Bonchev–Trinajstić information content (AvgIpc) is 2.69. The summed E-state index contributed by atoms with van der Waals surface area (Å²) in [5, 5.41) is 2.94. The lowest BCUT2D eigenvalue weighted by atomic mass is 10.3. The van der Waals surface area contributed by atoms with Crippen LogP contribution in [0.25, 0.3) is 0 Å². The molecule has 28 heavy (non-hydrogen) atoms. The van der Waals surface area contributed by atoms with Crippen molar-refractivity contribution in [3.63, 3.8) is 0 Å². The highest BCUT2D eigenvalue weighted by atomic mass is 127. The van der Waals surface area contributed by atoms with Crippen LogP contribution in [0.3, 0.4) is 0 Å². The second-order valence-electron chi connectivity index (χ2n) is 6.15. The molecule has 10 heteroatoms. The van der Waals surface area contributed by atoms with E-state index in [0.29, 0.717) is 26.2 Å². The van der Waals surface area contributed by atoms with Gasteiger partial charge in [0, 0.05) is 38.1 Å². The van der Waals surface area contributed by atoms with E-state index in [9.17, 15) is 8.42 Å². The zero-order chi connectivity index (χ0) is 19.1. The van der Waals surface area contributed by atoms with Crippen LogP contribution in [-0.2, 0) is 10.0 Å². The summed E-state index contributed by atoms with van der Waals surface area (Å²) in [6.07, 6.45) is 1.74. The van der Waals surface area contributed by atoms with Crippen LogP contribution in [0, 0.1) is 0 Å². The molecule has 1 aliphatic rings. The number of hydrogen-bond acceptors (Lipinski definition) is 5. The Balaban J connectivity index is 0.00000280. The molecule has 1 saturated heterocycles. The SMILES string of the molecule is I.NC(=NCCS(=O)(=O)N1CCN(c2ccccn2)CC1)Nc1ccccc1. The number of guanidine groups is 1. The number of aromatic nitrogens is 1. The van der Waals surface area contributed by atoms with Gasteiger partial charge in [0.15, 0.2) is 5.96 Å². The van der Waals surface area contributed by atoms with Crippen LogP contribution in [0.5, 0.6) is 0 Å². The van der Waals surface area contributed by atoms with Crippen LogP contribution in [0.15, 0.2) is 59.7 Å². The van der Waals surface area contributed by atoms with Crippen molar-refractivity contribution in [1.82, 2.24) is 9.29 Å². The highest BCUT2D eigenvalue weighted by Gasteiger charge is 2.26. The average molecular weight is 516 g/mol. The Morgan fingerprint density at radius 2 is 1.75 bits per heavy atom. The number of piperazine rings is 1. The second-order valence-corrected chi connectivity index (χ2v) is 8.24. The lowest BCUT2D eigenvalue weighted by molar-refractivity contribution is 0.384. The molecule has 1 aliphatic heterocycles. The third-order valence-electron chi connectivity index (χ3n) is 4.28. The predicted octanol–water partition coefficient (Wildman–Crippen LogP) is 1.58. The normalized spacial score (nSPS) is 15.7. The zero-order valence-corrected chi connectivity index (χ0v) is 18.6. The number of nitrogens with two attached hydrogens (primary N) is 1. The van der Waals surface area contributed by atoms with Gasteiger partial charge in [-0.15, -0.1) is 24.0 Å². The Morgan fingerprint density at radius 1 is 1.07 bits per heavy atom. The molecule has 0 aliphatic carbocycles. The summed E-state index contributed by atoms with van der Waals surface area (Å²) in [5.41, 5.74) is 6.63. The molecule has 0 amide bonds. The van der Waals surface area contributed by atoms with Gasteiger partial charge in [0.05, 0.1) is 12.3 Å². The van der Waals surface area contributed by atoms with Gasteiger partial charge in [-0.1, -0.05) is 24.3 Å². The van der Waals surface area contributed by atoms with E-state index < -0.39 is 10.0 Å². The molecule has 0 atom stereocenters. The molecule has 8 nitrogen and oxygen atoms in total. The van der Waals surface area contributed by atoms with Gasteiger partial charge in [-0.2, -0.15) is 4.31 Å². The highest BCUT2D eigenvalue weighted by Crippen LogP contribution is 2.14. The van der Waals surface area contributed by atoms with E-state index in [1.54, 1.807) is 6.20 Å². The van der Waals surface area contributed by atoms with E-state index in [1.165, 1.54) is 4.31 Å². The minimum Gasteiger partial charge on any atom is -0.370 e. The van der Waals surface area contributed by atoms with Gasteiger partial charge in [0.1, 0.15) is 5.82 Å². The molecule has 3 rings (SSSR count). The quantitative estimate of drug-likeness (QED) is 0.344. The van der Waals surface area contributed by atoms with Crippen molar-refractivity contribution in [3.05, 3.63) is 54.7 Å². The molecule has 1 aromatic carbocycles. The summed E-state index contributed by atoms with van der Waals surface area (Å²) in [5.74, 6) is 1.02. The Morgan fingerprint density at radius 3 is 2.39 bits per heavy atom. The maximum absolute atomic E-state index is 12.5. The van der Waals surface area contributed by atoms with Crippen molar-refractivity contribution < 1.29 is 8.42 Å². The van der Waals surface area contributed by atoms with Crippen LogP contribution >= 0.6 is 24.0 Å². The fourth-order valence-corrected chi connectivity index (χ4v) is 4.16. The number of aliphatic imine (C=N–C) groups is 1. The van der Waals surface area contributed by atoms with Crippen LogP contribution in [0.4, 0.5) is 11.5 Å². The zero-order valence-electron chi connectivity index (χ0n) is 15.4. The first-order valence-electron chi connectivity index (χ1n) is 8.80. The van der Waals surface area contributed by atoms with Crippen molar-refractivity contribution in [2.24, 2.45) is 10.7 Å². The maximum Gasteiger partial charge on any atom is 0.216 e. The van der Waals surface area contributed by atoms with E-state index in [0.717, 1.165) is 11.5 Å². The number of hydrogen-bond donors (Lipinski definition) is 2. The Labute approximate surface area is 182 Å². The molecule has 0 bridgehead atoms. The summed E-state index contributed by atoms with van der Waals surface area (Å²) in [7, 11) is -3.36. The van der Waals surface area contributed by atoms with E-state index in [-0.39, 0.29) is 42.2 Å². The molecular formula is C18H25IN6O2S. The first kappa shape index (κ1) is 22.4. The van der Waals surface area contributed by atoms with Crippen molar-refractivity contribution >= 4 is 51.5 Å². The smallest absolute Gasteiger partial charge is 0.216 e. The molecule has 2 heterocycles. The number of nitrogens with zero attached hydrogens (tertiary/aromatic N) is 4. The van der Waals surface area contributed by atoms with Crippen LogP contribution in [0.2, 0.25) is 0 Å². The van der Waals surface area contributed by atoms with E-state index in [1.807, 2.05) is 48.5 Å². The molecule has 1 fully saturated rings. The number of benzene rings is 1. The lowest BCUT2D eigenvalue weighted by Gasteiger charge is -2.34. The second kappa shape index (κ2) is 10.6. The molecule has 1 aromatic heterocycles. The molecule has 0 radical (unpaired) electrons. The van der Waals surface area contributed by atoms with E-state index in [2.05, 4.69) is 20.2 Å². The Kier molecular flexibility index (Phi) is 8.45. The molecule has 0 unspecified atom stereocenters. The number of halogens is 1. The Hall–Kier alpha value is -1.92. The summed E-state index contributed by atoms with van der Waals surface area (Å²) in [6.45, 7) is 2.25. The van der Waals surface area contributed by atoms with Crippen LogP contribution < -0.4 is 16.0 Å². The lowest BCUT2D eigenvalue weighted by Crippen LogP contribution is -2.49. The van der Waals surface area contributed by atoms with Gasteiger partial charge in [-0.05, 0) is 24.3 Å². The topological polar surface area (TPSA) is 104 Å². The first-order chi connectivity index (χ1) is 13.0. The third kappa shape index (κ3) is 6.31.